The molecule has 0 aliphatic carbocycles. The van der Waals surface area contributed by atoms with Crippen LogP contribution in [0.4, 0.5) is 11.4 Å². The summed E-state index contributed by atoms with van der Waals surface area (Å²) in [5.74, 6) is -0.158. The number of benzene rings is 2. The molecule has 1 unspecified atom stereocenters. The van der Waals surface area contributed by atoms with Crippen LogP contribution in [-0.4, -0.2) is 15.8 Å². The third-order valence-corrected chi connectivity index (χ3v) is 4.24. The third-order valence-electron chi connectivity index (χ3n) is 4.24. The Kier molecular flexibility index (Phi) is 4.59. The van der Waals surface area contributed by atoms with Crippen molar-refractivity contribution in [1.82, 2.24) is 5.32 Å². The molecule has 2 aromatic carbocycles. The van der Waals surface area contributed by atoms with Gasteiger partial charge in [-0.05, 0) is 26.0 Å². The Morgan fingerprint density at radius 2 is 1.81 bits per heavy atom. The van der Waals surface area contributed by atoms with Crippen LogP contribution in [0.15, 0.2) is 46.9 Å². The average molecular weight is 369 g/mol. The number of para-hydroxylation sites is 1. The predicted molar refractivity (Wildman–Crippen MR) is 96.6 cm³/mol. The quantitative estimate of drug-likeness (QED) is 0.533. The number of rotatable bonds is 5. The molecule has 0 saturated heterocycles. The van der Waals surface area contributed by atoms with Gasteiger partial charge in [0, 0.05) is 17.0 Å². The zero-order valence-corrected chi connectivity index (χ0v) is 14.5. The maximum absolute atomic E-state index is 12.6. The highest BCUT2D eigenvalue weighted by Gasteiger charge is 2.26. The first-order chi connectivity index (χ1) is 12.8. The van der Waals surface area contributed by atoms with Gasteiger partial charge >= 0.3 is 0 Å². The lowest BCUT2D eigenvalue weighted by molar-refractivity contribution is -0.394. The van der Waals surface area contributed by atoms with Crippen LogP contribution in [0, 0.1) is 27.2 Å². The fourth-order valence-electron chi connectivity index (χ4n) is 2.78. The second kappa shape index (κ2) is 6.87. The number of non-ortho nitro benzene ring substituents is 1. The first kappa shape index (κ1) is 18.1. The van der Waals surface area contributed by atoms with E-state index in [2.05, 4.69) is 5.32 Å². The van der Waals surface area contributed by atoms with Gasteiger partial charge in [-0.2, -0.15) is 0 Å². The van der Waals surface area contributed by atoms with Crippen LogP contribution < -0.4 is 5.32 Å². The minimum absolute atomic E-state index is 0.0555. The van der Waals surface area contributed by atoms with Crippen LogP contribution in [-0.2, 0) is 0 Å². The molecule has 3 rings (SSSR count). The first-order valence-electron chi connectivity index (χ1n) is 8.00. The second-order valence-corrected chi connectivity index (χ2v) is 6.03. The van der Waals surface area contributed by atoms with E-state index in [0.29, 0.717) is 11.3 Å². The molecule has 1 atom stereocenters. The summed E-state index contributed by atoms with van der Waals surface area (Å²) in [6.45, 7) is 3.07. The van der Waals surface area contributed by atoms with Crippen molar-refractivity contribution in [2.45, 2.75) is 19.9 Å². The number of carbonyl (C=O) groups is 1. The van der Waals surface area contributed by atoms with Crippen LogP contribution in [0.25, 0.3) is 11.0 Å². The van der Waals surface area contributed by atoms with Crippen molar-refractivity contribution < 1.29 is 19.1 Å². The summed E-state index contributed by atoms with van der Waals surface area (Å²) in [7, 11) is 0. The highest BCUT2D eigenvalue weighted by atomic mass is 16.6. The number of nitro groups is 2. The molecule has 138 valence electrons. The molecule has 0 fully saturated rings. The molecule has 3 aromatic rings. The van der Waals surface area contributed by atoms with Gasteiger partial charge in [0.25, 0.3) is 17.3 Å². The Hall–Kier alpha value is -3.75. The van der Waals surface area contributed by atoms with Crippen molar-refractivity contribution in [1.29, 1.82) is 0 Å². The van der Waals surface area contributed by atoms with Gasteiger partial charge < -0.3 is 9.73 Å². The van der Waals surface area contributed by atoms with Gasteiger partial charge in [0.05, 0.1) is 27.5 Å². The summed E-state index contributed by atoms with van der Waals surface area (Å²) < 4.78 is 5.69. The van der Waals surface area contributed by atoms with Crippen molar-refractivity contribution in [3.63, 3.8) is 0 Å². The van der Waals surface area contributed by atoms with Crippen LogP contribution in [0.1, 0.15) is 34.6 Å². The van der Waals surface area contributed by atoms with Crippen LogP contribution in [0.3, 0.4) is 0 Å². The lowest BCUT2D eigenvalue weighted by atomic mass is 10.0. The molecule has 0 bridgehead atoms. The molecule has 27 heavy (non-hydrogen) atoms. The van der Waals surface area contributed by atoms with Crippen molar-refractivity contribution >= 4 is 28.3 Å². The largest absolute Gasteiger partial charge is 0.459 e. The zero-order chi connectivity index (χ0) is 19.7. The molecule has 0 spiro atoms. The lowest BCUT2D eigenvalue weighted by Crippen LogP contribution is -2.27. The van der Waals surface area contributed by atoms with E-state index in [1.165, 1.54) is 6.92 Å². The van der Waals surface area contributed by atoms with E-state index in [1.807, 2.05) is 18.2 Å². The Bertz CT molecular complexity index is 1040. The topological polar surface area (TPSA) is 129 Å². The van der Waals surface area contributed by atoms with E-state index < -0.39 is 33.2 Å². The maximum atomic E-state index is 12.6. The van der Waals surface area contributed by atoms with Gasteiger partial charge in [0.1, 0.15) is 11.3 Å². The van der Waals surface area contributed by atoms with E-state index in [0.717, 1.165) is 17.5 Å². The van der Waals surface area contributed by atoms with Gasteiger partial charge in [-0.3, -0.25) is 25.0 Å². The zero-order valence-electron chi connectivity index (χ0n) is 14.5. The second-order valence-electron chi connectivity index (χ2n) is 6.03. The lowest BCUT2D eigenvalue weighted by Gasteiger charge is -2.13. The Balaban J connectivity index is 1.93. The highest BCUT2D eigenvalue weighted by Crippen LogP contribution is 2.29. The molecule has 0 aliphatic heterocycles. The fourth-order valence-corrected chi connectivity index (χ4v) is 2.78. The number of fused-ring (bicyclic) bond motifs is 1. The molecule has 9 heteroatoms. The number of amides is 1. The summed E-state index contributed by atoms with van der Waals surface area (Å²) in [5, 5.41) is 25.7. The van der Waals surface area contributed by atoms with Gasteiger partial charge in [0.2, 0.25) is 0 Å². The summed E-state index contributed by atoms with van der Waals surface area (Å²) in [4.78, 5) is 33.3. The van der Waals surface area contributed by atoms with Crippen molar-refractivity contribution in [3.05, 3.63) is 79.6 Å². The first-order valence-corrected chi connectivity index (χ1v) is 8.00. The molecule has 1 amide bonds. The summed E-state index contributed by atoms with van der Waals surface area (Å²) in [6, 6.07) is 10.5. The van der Waals surface area contributed by atoms with Crippen LogP contribution in [0.5, 0.6) is 0 Å². The van der Waals surface area contributed by atoms with E-state index >= 15 is 0 Å². The molecule has 9 nitrogen and oxygen atoms in total. The van der Waals surface area contributed by atoms with Crippen LogP contribution in [0.2, 0.25) is 0 Å². The molecular formula is C18H15N3O6. The number of carbonyl (C=O) groups excluding carboxylic acids is 1. The predicted octanol–water partition coefficient (Wildman–Crippen LogP) is 4.05. The molecule has 0 aliphatic rings. The van der Waals surface area contributed by atoms with Crippen LogP contribution >= 0.6 is 0 Å². The summed E-state index contributed by atoms with van der Waals surface area (Å²) in [6.07, 6.45) is 0. The molecule has 1 N–H and O–H groups in total. The Morgan fingerprint density at radius 3 is 2.44 bits per heavy atom. The number of nitro benzene ring substituents is 2. The number of nitrogens with zero attached hydrogens (tertiary/aromatic N) is 2. The Morgan fingerprint density at radius 1 is 1.11 bits per heavy atom. The number of hydrogen-bond donors (Lipinski definition) is 1. The minimum atomic E-state index is -0.772. The molecule has 0 radical (unpaired) electrons. The van der Waals surface area contributed by atoms with Crippen molar-refractivity contribution in [2.24, 2.45) is 0 Å². The smallest absolute Gasteiger partial charge is 0.279 e. The highest BCUT2D eigenvalue weighted by molar-refractivity contribution is 5.97. The van der Waals surface area contributed by atoms with E-state index in [-0.39, 0.29) is 11.1 Å². The van der Waals surface area contributed by atoms with E-state index in [1.54, 1.807) is 19.1 Å². The maximum Gasteiger partial charge on any atom is 0.279 e. The third kappa shape index (κ3) is 3.47. The Labute approximate surface area is 152 Å². The number of hydrogen-bond acceptors (Lipinski definition) is 6. The van der Waals surface area contributed by atoms with Crippen molar-refractivity contribution in [3.8, 4) is 0 Å². The average Bonchev–Trinajstić information content (AvgIpc) is 3.05. The van der Waals surface area contributed by atoms with E-state index in [9.17, 15) is 25.0 Å². The van der Waals surface area contributed by atoms with Gasteiger partial charge in [-0.25, -0.2) is 0 Å². The molecular weight excluding hydrogens is 354 g/mol. The van der Waals surface area contributed by atoms with E-state index in [4.69, 9.17) is 4.42 Å². The van der Waals surface area contributed by atoms with Crippen molar-refractivity contribution in [2.75, 3.05) is 0 Å². The standard InChI is InChI=1S/C18H15N3O6/c1-10-14(8-13(20(23)24)9-15(10)21(25)26)18(22)19-11(2)17-7-12-5-3-4-6-16(12)27-17/h3-9,11H,1-2H3,(H,19,22). The van der Waals surface area contributed by atoms with Gasteiger partial charge in [-0.1, -0.05) is 18.2 Å². The normalized spacial score (nSPS) is 11.9. The number of furan rings is 1. The minimum Gasteiger partial charge on any atom is -0.459 e. The molecule has 0 saturated carbocycles. The monoisotopic (exact) mass is 369 g/mol. The fraction of sp³-hybridized carbons (Fsp3) is 0.167. The molecule has 1 heterocycles. The SMILES string of the molecule is Cc1c(C(=O)NC(C)c2cc3ccccc3o2)cc([N+](=O)[O-])cc1[N+](=O)[O-]. The van der Waals surface area contributed by atoms with Gasteiger partial charge in [-0.15, -0.1) is 0 Å². The summed E-state index contributed by atoms with van der Waals surface area (Å²) in [5.41, 5.74) is -0.408. The van der Waals surface area contributed by atoms with Gasteiger partial charge in [0.15, 0.2) is 0 Å². The molecule has 1 aromatic heterocycles. The number of nitrogens with one attached hydrogen (secondary N) is 1. The summed E-state index contributed by atoms with van der Waals surface area (Å²) >= 11 is 0.